The van der Waals surface area contributed by atoms with Crippen molar-refractivity contribution in [2.75, 3.05) is 18.4 Å². The van der Waals surface area contributed by atoms with Gasteiger partial charge in [0.25, 0.3) is 0 Å². The molecule has 2 amide bonds. The molecule has 1 unspecified atom stereocenters. The van der Waals surface area contributed by atoms with Crippen LogP contribution in [0.5, 0.6) is 6.01 Å². The fourth-order valence-corrected chi connectivity index (χ4v) is 7.29. The fourth-order valence-electron chi connectivity index (χ4n) is 7.29. The number of hydrogen-bond acceptors (Lipinski definition) is 10. The van der Waals surface area contributed by atoms with Crippen LogP contribution in [0.4, 0.5) is 15.5 Å². The van der Waals surface area contributed by atoms with E-state index in [0.717, 1.165) is 51.9 Å². The average molecular weight is 761 g/mol. The predicted octanol–water partition coefficient (Wildman–Crippen LogP) is 8.17. The smallest absolute Gasteiger partial charge is 0.410 e. The van der Waals surface area contributed by atoms with E-state index in [4.69, 9.17) is 29.2 Å². The molecule has 13 nitrogen and oxygen atoms in total. The molecule has 0 saturated carbocycles. The van der Waals surface area contributed by atoms with Crippen molar-refractivity contribution in [1.29, 1.82) is 0 Å². The number of hydrogen-bond donors (Lipinski definition) is 1. The van der Waals surface area contributed by atoms with Crippen LogP contribution < -0.4 is 10.1 Å². The number of benzene rings is 2. The Morgan fingerprint density at radius 3 is 2.54 bits per heavy atom. The SMILES string of the molecule is CC(C)c1cnn2c(NCc3ccccc3-c3nccc4c3CCN(C(=O)OCc3ccccc3)C4)nc(OC3CCC(C)(C)N(C(=O)OC(C)(C)C)C3)nc12. The molecule has 0 spiro atoms. The summed E-state index contributed by atoms with van der Waals surface area (Å²) in [5.41, 5.74) is 6.67. The van der Waals surface area contributed by atoms with Gasteiger partial charge in [-0.2, -0.15) is 19.6 Å². The first kappa shape index (κ1) is 38.6. The Balaban J connectivity index is 1.10. The molecule has 2 aliphatic heterocycles. The third kappa shape index (κ3) is 8.56. The van der Waals surface area contributed by atoms with Crippen molar-refractivity contribution in [1.82, 2.24) is 34.4 Å². The van der Waals surface area contributed by atoms with Crippen molar-refractivity contribution >= 4 is 23.8 Å². The highest BCUT2D eigenvalue weighted by atomic mass is 16.6. The first-order chi connectivity index (χ1) is 26.8. The summed E-state index contributed by atoms with van der Waals surface area (Å²) in [5, 5.41) is 8.19. The normalized spacial score (nSPS) is 16.8. The van der Waals surface area contributed by atoms with Crippen LogP contribution in [0.1, 0.15) is 95.0 Å². The molecule has 56 heavy (non-hydrogen) atoms. The number of ether oxygens (including phenoxy) is 3. The van der Waals surface area contributed by atoms with Crippen LogP contribution in [-0.2, 0) is 35.6 Å². The third-order valence-corrected chi connectivity index (χ3v) is 10.4. The maximum atomic E-state index is 13.3. The van der Waals surface area contributed by atoms with Gasteiger partial charge in [0, 0.05) is 42.5 Å². The topological polar surface area (TPSA) is 136 Å². The van der Waals surface area contributed by atoms with Crippen LogP contribution in [-0.4, -0.2) is 76.9 Å². The molecule has 294 valence electrons. The van der Waals surface area contributed by atoms with Gasteiger partial charge in [0.1, 0.15) is 18.3 Å². The van der Waals surface area contributed by atoms with E-state index in [1.165, 1.54) is 0 Å². The second kappa shape index (κ2) is 15.8. The zero-order valence-electron chi connectivity index (χ0n) is 33.4. The van der Waals surface area contributed by atoms with Gasteiger partial charge in [-0.3, -0.25) is 9.88 Å². The van der Waals surface area contributed by atoms with Crippen molar-refractivity contribution in [3.8, 4) is 17.3 Å². The molecule has 13 heteroatoms. The largest absolute Gasteiger partial charge is 0.458 e. The number of rotatable bonds is 9. The van der Waals surface area contributed by atoms with Gasteiger partial charge in [-0.25, -0.2) is 9.59 Å². The summed E-state index contributed by atoms with van der Waals surface area (Å²) in [6.45, 7) is 15.9. The lowest BCUT2D eigenvalue weighted by Crippen LogP contribution is -2.56. The molecule has 2 aliphatic rings. The number of nitrogens with zero attached hydrogens (tertiary/aromatic N) is 7. The molecule has 5 aromatic rings. The summed E-state index contributed by atoms with van der Waals surface area (Å²) < 4.78 is 19.6. The highest BCUT2D eigenvalue weighted by Crippen LogP contribution is 2.33. The standard InChI is InChI=1S/C43H52N8O5/c1-28(2)35-24-46-51-37(35)47-39(55-32-17-20-43(6,7)50(26-32)41(53)56-42(3,4)5)48-38(51)45-23-30-15-11-12-16-33(30)36-34-19-22-49(25-31(34)18-21-44-36)40(52)54-27-29-13-9-8-10-14-29/h8-16,18,21,24,28,32H,17,19-20,22-23,25-27H2,1-7H3,(H,45,47,48). The Bertz CT molecular complexity index is 2200. The minimum absolute atomic E-state index is 0.166. The summed E-state index contributed by atoms with van der Waals surface area (Å²) in [6.07, 6.45) is 4.74. The zero-order chi connectivity index (χ0) is 39.6. The molecule has 3 aromatic heterocycles. The van der Waals surface area contributed by atoms with E-state index in [0.29, 0.717) is 44.2 Å². The molecular weight excluding hydrogens is 709 g/mol. The van der Waals surface area contributed by atoms with E-state index < -0.39 is 5.60 Å². The van der Waals surface area contributed by atoms with Crippen molar-refractivity contribution < 1.29 is 23.8 Å². The highest BCUT2D eigenvalue weighted by molar-refractivity contribution is 5.72. The third-order valence-electron chi connectivity index (χ3n) is 10.4. The monoisotopic (exact) mass is 760 g/mol. The molecule has 2 aromatic carbocycles. The van der Waals surface area contributed by atoms with Crippen molar-refractivity contribution in [3.05, 3.63) is 101 Å². The Kier molecular flexibility index (Phi) is 10.9. The van der Waals surface area contributed by atoms with E-state index in [-0.39, 0.29) is 42.4 Å². The van der Waals surface area contributed by atoms with Crippen LogP contribution in [0.25, 0.3) is 16.9 Å². The zero-order valence-corrected chi connectivity index (χ0v) is 33.4. The van der Waals surface area contributed by atoms with Crippen LogP contribution in [0.15, 0.2) is 73.1 Å². The number of likely N-dealkylation sites (tertiary alicyclic amines) is 1. The molecule has 1 fully saturated rings. The summed E-state index contributed by atoms with van der Waals surface area (Å²) in [4.78, 5) is 44.3. The quantitative estimate of drug-likeness (QED) is 0.157. The summed E-state index contributed by atoms with van der Waals surface area (Å²) in [5.74, 6) is 0.651. The minimum atomic E-state index is -0.612. The van der Waals surface area contributed by atoms with Gasteiger partial charge < -0.3 is 24.4 Å². The van der Waals surface area contributed by atoms with E-state index >= 15 is 0 Å². The number of anilines is 1. The maximum absolute atomic E-state index is 13.3. The number of carbonyl (C=O) groups is 2. The van der Waals surface area contributed by atoms with Crippen molar-refractivity contribution in [3.63, 3.8) is 0 Å². The lowest BCUT2D eigenvalue weighted by Gasteiger charge is -2.45. The number of amides is 2. The predicted molar refractivity (Wildman–Crippen MR) is 213 cm³/mol. The molecule has 1 saturated heterocycles. The Morgan fingerprint density at radius 2 is 1.77 bits per heavy atom. The van der Waals surface area contributed by atoms with Crippen molar-refractivity contribution in [2.45, 2.75) is 111 Å². The number of carbonyl (C=O) groups excluding carboxylic acids is 2. The molecule has 1 N–H and O–H groups in total. The van der Waals surface area contributed by atoms with Gasteiger partial charge >= 0.3 is 18.2 Å². The molecular formula is C43H52N8O5. The first-order valence-electron chi connectivity index (χ1n) is 19.4. The molecule has 7 rings (SSSR count). The summed E-state index contributed by atoms with van der Waals surface area (Å²) >= 11 is 0. The maximum Gasteiger partial charge on any atom is 0.410 e. The number of aromatic nitrogens is 5. The number of fused-ring (bicyclic) bond motifs is 2. The van der Waals surface area contributed by atoms with Crippen molar-refractivity contribution in [2.24, 2.45) is 0 Å². The van der Waals surface area contributed by atoms with Gasteiger partial charge in [-0.05, 0) is 88.1 Å². The number of piperidine rings is 1. The van der Waals surface area contributed by atoms with Crippen LogP contribution >= 0.6 is 0 Å². The summed E-state index contributed by atoms with van der Waals surface area (Å²) in [7, 11) is 0. The number of pyridine rings is 1. The fraction of sp³-hybridized carbons (Fsp3) is 0.442. The molecule has 0 radical (unpaired) electrons. The van der Waals surface area contributed by atoms with E-state index in [2.05, 4.69) is 50.2 Å². The molecule has 1 atom stereocenters. The first-order valence-corrected chi connectivity index (χ1v) is 19.4. The second-order valence-electron chi connectivity index (χ2n) is 16.5. The van der Waals surface area contributed by atoms with Gasteiger partial charge in [0.05, 0.1) is 18.4 Å². The average Bonchev–Trinajstić information content (AvgIpc) is 3.61. The van der Waals surface area contributed by atoms with Gasteiger partial charge in [0.2, 0.25) is 5.95 Å². The highest BCUT2D eigenvalue weighted by Gasteiger charge is 2.40. The number of nitrogens with one attached hydrogen (secondary N) is 1. The minimum Gasteiger partial charge on any atom is -0.458 e. The lowest BCUT2D eigenvalue weighted by atomic mass is 9.89. The Morgan fingerprint density at radius 1 is 1.00 bits per heavy atom. The van der Waals surface area contributed by atoms with Crippen LogP contribution in [0.2, 0.25) is 0 Å². The van der Waals surface area contributed by atoms with Gasteiger partial charge in [-0.15, -0.1) is 0 Å². The van der Waals surface area contributed by atoms with Crippen LogP contribution in [0.3, 0.4) is 0 Å². The molecule has 5 heterocycles. The molecule has 0 aliphatic carbocycles. The lowest BCUT2D eigenvalue weighted by molar-refractivity contribution is -0.0302. The Hall–Kier alpha value is -5.72. The van der Waals surface area contributed by atoms with E-state index in [9.17, 15) is 9.59 Å². The van der Waals surface area contributed by atoms with Crippen LogP contribution in [0, 0.1) is 0 Å². The molecule has 0 bridgehead atoms. The van der Waals surface area contributed by atoms with Gasteiger partial charge in [0.15, 0.2) is 5.65 Å². The van der Waals surface area contributed by atoms with Gasteiger partial charge in [-0.1, -0.05) is 68.4 Å². The second-order valence-corrected chi connectivity index (χ2v) is 16.5. The van der Waals surface area contributed by atoms with E-state index in [1.807, 2.05) is 81.7 Å². The Labute approximate surface area is 328 Å². The summed E-state index contributed by atoms with van der Waals surface area (Å²) in [6, 6.07) is 20.1. The van der Waals surface area contributed by atoms with E-state index in [1.54, 1.807) is 14.3 Å².